The molecular weight excluding hydrogens is 233 g/mol. The Morgan fingerprint density at radius 1 is 1.00 bits per heavy atom. The van der Waals surface area contributed by atoms with Gasteiger partial charge in [0.15, 0.2) is 0 Å². The molecule has 0 fully saturated rings. The zero-order valence-corrected chi connectivity index (χ0v) is 6.54. The molecule has 0 aliphatic rings. The molecule has 0 N–H and O–H groups in total. The van der Waals surface area contributed by atoms with Crippen molar-refractivity contribution < 1.29 is 26.3 Å². The highest BCUT2D eigenvalue weighted by atomic mass is 35.5. The van der Waals surface area contributed by atoms with E-state index in [1.165, 1.54) is 0 Å². The van der Waals surface area contributed by atoms with Crippen molar-refractivity contribution in [2.75, 3.05) is 0 Å². The maximum atomic E-state index is 11.9. The van der Waals surface area contributed by atoms with Gasteiger partial charge in [0.05, 0.1) is 0 Å². The molecule has 0 heterocycles. The van der Waals surface area contributed by atoms with Gasteiger partial charge in [-0.3, -0.25) is 0 Å². The Hall–Kier alpha value is -0.100. The van der Waals surface area contributed by atoms with Gasteiger partial charge in [0.25, 0.3) is 0 Å². The minimum atomic E-state index is -5.55. The molecule has 0 aliphatic carbocycles. The number of hydrogen-bond donors (Lipinski definition) is 0. The SMILES string of the molecule is F/C(=C(\Cl)C(F)(F)Cl)C(F)(F)F. The van der Waals surface area contributed by atoms with Crippen molar-refractivity contribution in [3.05, 3.63) is 10.9 Å². The van der Waals surface area contributed by atoms with Gasteiger partial charge in [0, 0.05) is 0 Å². The fourth-order valence-electron chi connectivity index (χ4n) is 0.249. The summed E-state index contributed by atoms with van der Waals surface area (Å²) in [5, 5.41) is -6.90. The molecule has 0 aromatic carbocycles. The van der Waals surface area contributed by atoms with E-state index in [0.717, 1.165) is 0 Å². The van der Waals surface area contributed by atoms with E-state index in [-0.39, 0.29) is 0 Å². The van der Waals surface area contributed by atoms with Crippen molar-refractivity contribution >= 4 is 23.2 Å². The monoisotopic (exact) mass is 232 g/mol. The van der Waals surface area contributed by atoms with Gasteiger partial charge in [0.1, 0.15) is 5.03 Å². The van der Waals surface area contributed by atoms with E-state index < -0.39 is 22.4 Å². The van der Waals surface area contributed by atoms with Crippen molar-refractivity contribution in [3.63, 3.8) is 0 Å². The average molecular weight is 233 g/mol. The van der Waals surface area contributed by atoms with Crippen LogP contribution in [0.4, 0.5) is 26.3 Å². The van der Waals surface area contributed by atoms with Gasteiger partial charge >= 0.3 is 11.6 Å². The van der Waals surface area contributed by atoms with Crippen LogP contribution in [0.5, 0.6) is 0 Å². The Kier molecular flexibility index (Phi) is 3.31. The Labute approximate surface area is 72.7 Å². The van der Waals surface area contributed by atoms with Gasteiger partial charge in [-0.25, -0.2) is 4.39 Å². The van der Waals surface area contributed by atoms with Crippen molar-refractivity contribution in [2.45, 2.75) is 11.6 Å². The van der Waals surface area contributed by atoms with Crippen LogP contribution in [0.1, 0.15) is 0 Å². The third-order valence-electron chi connectivity index (χ3n) is 0.690. The summed E-state index contributed by atoms with van der Waals surface area (Å²) in [4.78, 5) is 0. The van der Waals surface area contributed by atoms with Gasteiger partial charge in [-0.1, -0.05) is 11.6 Å². The van der Waals surface area contributed by atoms with Gasteiger partial charge in [-0.2, -0.15) is 22.0 Å². The first-order valence-corrected chi connectivity index (χ1v) is 3.02. The fraction of sp³-hybridized carbons (Fsp3) is 0.500. The molecule has 0 nitrogen and oxygen atoms in total. The van der Waals surface area contributed by atoms with E-state index in [4.69, 9.17) is 0 Å². The van der Waals surface area contributed by atoms with Crippen LogP contribution in [0.2, 0.25) is 0 Å². The molecule has 0 unspecified atom stereocenters. The quantitative estimate of drug-likeness (QED) is 0.477. The van der Waals surface area contributed by atoms with Crippen molar-refractivity contribution in [3.8, 4) is 0 Å². The van der Waals surface area contributed by atoms with E-state index in [1.54, 1.807) is 0 Å². The smallest absolute Gasteiger partial charge is 0.200 e. The third-order valence-corrected chi connectivity index (χ3v) is 1.38. The number of halogens is 8. The van der Waals surface area contributed by atoms with Gasteiger partial charge in [0.2, 0.25) is 5.83 Å². The number of hydrogen-bond acceptors (Lipinski definition) is 0. The summed E-state index contributed by atoms with van der Waals surface area (Å²) in [6, 6.07) is 0. The topological polar surface area (TPSA) is 0 Å². The Bertz CT molecular complexity index is 177. The summed E-state index contributed by atoms with van der Waals surface area (Å²) < 4.78 is 69.3. The zero-order chi connectivity index (χ0) is 10.2. The first kappa shape index (κ1) is 11.9. The summed E-state index contributed by atoms with van der Waals surface area (Å²) >= 11 is 8.32. The van der Waals surface area contributed by atoms with Crippen molar-refractivity contribution in [1.29, 1.82) is 0 Å². The molecule has 0 aliphatic heterocycles. The third kappa shape index (κ3) is 3.10. The molecule has 0 amide bonds. The van der Waals surface area contributed by atoms with Crippen LogP contribution < -0.4 is 0 Å². The second kappa shape index (κ2) is 3.33. The predicted molar refractivity (Wildman–Crippen MR) is 30.8 cm³/mol. The lowest BCUT2D eigenvalue weighted by atomic mass is 10.4. The lowest BCUT2D eigenvalue weighted by molar-refractivity contribution is -0.111. The maximum Gasteiger partial charge on any atom is 0.444 e. The molecule has 0 radical (unpaired) electrons. The normalized spacial score (nSPS) is 16.0. The lowest BCUT2D eigenvalue weighted by Crippen LogP contribution is -2.16. The molecule has 0 rings (SSSR count). The number of allylic oxidation sites excluding steroid dienone is 2. The van der Waals surface area contributed by atoms with E-state index in [0.29, 0.717) is 0 Å². The summed E-state index contributed by atoms with van der Waals surface area (Å²) in [5.41, 5.74) is 0. The van der Waals surface area contributed by atoms with E-state index in [2.05, 4.69) is 23.2 Å². The second-order valence-corrected chi connectivity index (χ2v) is 2.48. The van der Waals surface area contributed by atoms with Crippen LogP contribution >= 0.6 is 23.2 Å². The molecule has 0 spiro atoms. The molecule has 0 saturated heterocycles. The van der Waals surface area contributed by atoms with Crippen LogP contribution in [0, 0.1) is 0 Å². The minimum absolute atomic E-state index is 2.36. The first-order chi connectivity index (χ1) is 5.07. The summed E-state index contributed by atoms with van der Waals surface area (Å²) in [6.45, 7) is 0. The molecule has 72 valence electrons. The standard InChI is InChI=1S/C4Cl2F6/c5-1(3(6,8)9)2(7)4(10,11)12/b2-1-. The molecule has 8 heteroatoms. The lowest BCUT2D eigenvalue weighted by Gasteiger charge is -2.09. The maximum absolute atomic E-state index is 11.9. The van der Waals surface area contributed by atoms with Gasteiger partial charge < -0.3 is 0 Å². The number of rotatable bonds is 1. The summed E-state index contributed by atoms with van der Waals surface area (Å²) in [6.07, 6.45) is -5.55. The highest BCUT2D eigenvalue weighted by Crippen LogP contribution is 2.40. The van der Waals surface area contributed by atoms with Gasteiger partial charge in [-0.15, -0.1) is 0 Å². The molecule has 0 saturated carbocycles. The predicted octanol–water partition coefficient (Wildman–Crippen LogP) is 3.80. The van der Waals surface area contributed by atoms with E-state index >= 15 is 0 Å². The van der Waals surface area contributed by atoms with Crippen molar-refractivity contribution in [1.82, 2.24) is 0 Å². The van der Waals surface area contributed by atoms with Gasteiger partial charge in [-0.05, 0) is 11.6 Å². The second-order valence-electron chi connectivity index (χ2n) is 1.62. The molecule has 12 heavy (non-hydrogen) atoms. The van der Waals surface area contributed by atoms with Crippen LogP contribution in [0.3, 0.4) is 0 Å². The van der Waals surface area contributed by atoms with Crippen LogP contribution in [-0.4, -0.2) is 11.6 Å². The highest BCUT2D eigenvalue weighted by molar-refractivity contribution is 6.38. The number of alkyl halides is 6. The Morgan fingerprint density at radius 2 is 1.33 bits per heavy atom. The largest absolute Gasteiger partial charge is 0.444 e. The molecular formula is C4Cl2F6. The average Bonchev–Trinajstić information content (AvgIpc) is 1.80. The fourth-order valence-corrected chi connectivity index (χ4v) is 0.439. The summed E-state index contributed by atoms with van der Waals surface area (Å²) in [5.74, 6) is -3.09. The minimum Gasteiger partial charge on any atom is -0.200 e. The van der Waals surface area contributed by atoms with Crippen LogP contribution in [-0.2, 0) is 0 Å². The first-order valence-electron chi connectivity index (χ1n) is 2.26. The van der Waals surface area contributed by atoms with E-state index in [1.807, 2.05) is 0 Å². The highest BCUT2D eigenvalue weighted by Gasteiger charge is 2.44. The van der Waals surface area contributed by atoms with E-state index in [9.17, 15) is 26.3 Å². The van der Waals surface area contributed by atoms with Crippen LogP contribution in [0.25, 0.3) is 0 Å². The Morgan fingerprint density at radius 3 is 1.42 bits per heavy atom. The summed E-state index contributed by atoms with van der Waals surface area (Å²) in [7, 11) is 0. The van der Waals surface area contributed by atoms with Crippen molar-refractivity contribution in [2.24, 2.45) is 0 Å². The van der Waals surface area contributed by atoms with Crippen LogP contribution in [0.15, 0.2) is 10.9 Å². The molecule has 0 bridgehead atoms. The molecule has 0 atom stereocenters. The molecule has 0 aromatic rings. The zero-order valence-electron chi connectivity index (χ0n) is 5.02. The Balaban J connectivity index is 4.96. The molecule has 0 aromatic heterocycles.